The fourth-order valence-corrected chi connectivity index (χ4v) is 4.03. The maximum Gasteiger partial charge on any atom is 0.164 e. The van der Waals surface area contributed by atoms with Gasteiger partial charge in [0.25, 0.3) is 0 Å². The molecular weight excluding hydrogens is 348 g/mol. The van der Waals surface area contributed by atoms with E-state index in [9.17, 15) is 0 Å². The van der Waals surface area contributed by atoms with Crippen LogP contribution < -0.4 is 4.74 Å². The SMILES string of the molecule is CCc1nc2c(-c3ccc(OC)cc3Cl)ncnc2n1C(CC)C1CC1. The molecule has 4 rings (SSSR count). The van der Waals surface area contributed by atoms with Crippen LogP contribution in [0.1, 0.15) is 45.0 Å². The summed E-state index contributed by atoms with van der Waals surface area (Å²) in [5.41, 5.74) is 3.38. The predicted molar refractivity (Wildman–Crippen MR) is 104 cm³/mol. The standard InChI is InChI=1S/C20H23ClN4O/c1-4-16(12-6-7-12)25-17(5-2)24-19-18(22-11-23-20(19)25)14-9-8-13(26-3)10-15(14)21/h8-12,16H,4-7H2,1-3H3. The Balaban J connectivity index is 1.91. The van der Waals surface area contributed by atoms with Crippen molar-refractivity contribution in [3.05, 3.63) is 35.4 Å². The summed E-state index contributed by atoms with van der Waals surface area (Å²) in [5.74, 6) is 2.54. The Morgan fingerprint density at radius 1 is 1.27 bits per heavy atom. The minimum Gasteiger partial charge on any atom is -0.497 e. The molecule has 6 heteroatoms. The molecule has 0 radical (unpaired) electrons. The second-order valence-corrected chi connectivity index (χ2v) is 7.21. The van der Waals surface area contributed by atoms with Gasteiger partial charge in [-0.3, -0.25) is 0 Å². The van der Waals surface area contributed by atoms with Crippen LogP contribution in [0, 0.1) is 5.92 Å². The molecule has 1 aromatic carbocycles. The summed E-state index contributed by atoms with van der Waals surface area (Å²) in [5, 5.41) is 0.603. The van der Waals surface area contributed by atoms with Crippen molar-refractivity contribution in [1.82, 2.24) is 19.5 Å². The lowest BCUT2D eigenvalue weighted by atomic mass is 10.1. The third kappa shape index (κ3) is 2.84. The van der Waals surface area contributed by atoms with Crippen LogP contribution in [-0.4, -0.2) is 26.6 Å². The first kappa shape index (κ1) is 17.3. The zero-order chi connectivity index (χ0) is 18.3. The van der Waals surface area contributed by atoms with Gasteiger partial charge in [-0.05, 0) is 43.4 Å². The van der Waals surface area contributed by atoms with Crippen LogP contribution in [-0.2, 0) is 6.42 Å². The molecule has 2 heterocycles. The highest BCUT2D eigenvalue weighted by atomic mass is 35.5. The summed E-state index contributed by atoms with van der Waals surface area (Å²) in [6.07, 6.45) is 6.17. The Morgan fingerprint density at radius 3 is 2.69 bits per heavy atom. The summed E-state index contributed by atoms with van der Waals surface area (Å²) in [7, 11) is 1.63. The Hall–Kier alpha value is -2.14. The average Bonchev–Trinajstić information content (AvgIpc) is 3.43. The van der Waals surface area contributed by atoms with Crippen molar-refractivity contribution in [2.75, 3.05) is 7.11 Å². The molecule has 2 aromatic heterocycles. The second kappa shape index (κ2) is 6.88. The van der Waals surface area contributed by atoms with E-state index in [0.717, 1.165) is 52.8 Å². The molecule has 3 aromatic rings. The number of ether oxygens (including phenoxy) is 1. The van der Waals surface area contributed by atoms with Gasteiger partial charge >= 0.3 is 0 Å². The smallest absolute Gasteiger partial charge is 0.164 e. The Kier molecular flexibility index (Phi) is 4.57. The first-order chi connectivity index (χ1) is 12.7. The molecule has 0 N–H and O–H groups in total. The zero-order valence-electron chi connectivity index (χ0n) is 15.4. The highest BCUT2D eigenvalue weighted by molar-refractivity contribution is 6.33. The van der Waals surface area contributed by atoms with Crippen LogP contribution in [0.25, 0.3) is 22.4 Å². The number of hydrogen-bond donors (Lipinski definition) is 0. The van der Waals surface area contributed by atoms with Crippen molar-refractivity contribution < 1.29 is 4.74 Å². The number of halogens is 1. The van der Waals surface area contributed by atoms with E-state index in [1.54, 1.807) is 13.4 Å². The average molecular weight is 371 g/mol. The number of aromatic nitrogens is 4. The summed E-state index contributed by atoms with van der Waals surface area (Å²) in [6.45, 7) is 4.39. The molecule has 1 aliphatic rings. The molecular formula is C20H23ClN4O. The van der Waals surface area contributed by atoms with Crippen LogP contribution in [0.4, 0.5) is 0 Å². The number of nitrogens with zero attached hydrogens (tertiary/aromatic N) is 4. The van der Waals surface area contributed by atoms with Crippen LogP contribution in [0.2, 0.25) is 5.02 Å². The molecule has 136 valence electrons. The van der Waals surface area contributed by atoms with Gasteiger partial charge in [0.2, 0.25) is 0 Å². The predicted octanol–water partition coefficient (Wildman–Crippen LogP) is 5.08. The van der Waals surface area contributed by atoms with Gasteiger partial charge in [-0.25, -0.2) is 15.0 Å². The van der Waals surface area contributed by atoms with Crippen molar-refractivity contribution >= 4 is 22.8 Å². The van der Waals surface area contributed by atoms with Gasteiger partial charge in [0.15, 0.2) is 5.65 Å². The second-order valence-electron chi connectivity index (χ2n) is 6.80. The molecule has 0 bridgehead atoms. The Bertz CT molecular complexity index is 948. The van der Waals surface area contributed by atoms with Gasteiger partial charge in [0, 0.05) is 18.0 Å². The van der Waals surface area contributed by atoms with E-state index in [4.69, 9.17) is 21.3 Å². The summed E-state index contributed by atoms with van der Waals surface area (Å²) < 4.78 is 7.60. The zero-order valence-corrected chi connectivity index (χ0v) is 16.1. The van der Waals surface area contributed by atoms with E-state index < -0.39 is 0 Å². The van der Waals surface area contributed by atoms with Gasteiger partial charge in [0.1, 0.15) is 29.1 Å². The van der Waals surface area contributed by atoms with Crippen LogP contribution in [0.15, 0.2) is 24.5 Å². The maximum atomic E-state index is 6.50. The van der Waals surface area contributed by atoms with Crippen molar-refractivity contribution in [1.29, 1.82) is 0 Å². The molecule has 0 amide bonds. The van der Waals surface area contributed by atoms with Gasteiger partial charge in [-0.2, -0.15) is 0 Å². The minimum atomic E-state index is 0.462. The number of hydrogen-bond acceptors (Lipinski definition) is 4. The first-order valence-corrected chi connectivity index (χ1v) is 9.61. The quantitative estimate of drug-likeness (QED) is 0.607. The van der Waals surface area contributed by atoms with E-state index in [1.807, 2.05) is 18.2 Å². The number of rotatable bonds is 6. The van der Waals surface area contributed by atoms with Crippen LogP contribution in [0.5, 0.6) is 5.75 Å². The third-order valence-corrected chi connectivity index (χ3v) is 5.53. The van der Waals surface area contributed by atoms with E-state index in [0.29, 0.717) is 11.1 Å². The van der Waals surface area contributed by atoms with Crippen molar-refractivity contribution in [3.8, 4) is 17.0 Å². The first-order valence-electron chi connectivity index (χ1n) is 9.23. The van der Waals surface area contributed by atoms with Gasteiger partial charge in [-0.15, -0.1) is 0 Å². The minimum absolute atomic E-state index is 0.462. The van der Waals surface area contributed by atoms with E-state index in [-0.39, 0.29) is 0 Å². The third-order valence-electron chi connectivity index (χ3n) is 5.21. The monoisotopic (exact) mass is 370 g/mol. The number of imidazole rings is 1. The molecule has 26 heavy (non-hydrogen) atoms. The molecule has 1 atom stereocenters. The van der Waals surface area contributed by atoms with Gasteiger partial charge < -0.3 is 9.30 Å². The molecule has 0 aliphatic heterocycles. The fourth-order valence-electron chi connectivity index (χ4n) is 3.77. The number of benzene rings is 1. The molecule has 1 fully saturated rings. The molecule has 1 unspecified atom stereocenters. The number of fused-ring (bicyclic) bond motifs is 1. The van der Waals surface area contributed by atoms with Gasteiger partial charge in [-0.1, -0.05) is 25.4 Å². The van der Waals surface area contributed by atoms with Gasteiger partial charge in [0.05, 0.1) is 12.1 Å². The van der Waals surface area contributed by atoms with E-state index >= 15 is 0 Å². The summed E-state index contributed by atoms with van der Waals surface area (Å²) in [4.78, 5) is 14.0. The van der Waals surface area contributed by atoms with Crippen molar-refractivity contribution in [3.63, 3.8) is 0 Å². The lowest BCUT2D eigenvalue weighted by Gasteiger charge is -2.19. The van der Waals surface area contributed by atoms with E-state index in [2.05, 4.69) is 28.4 Å². The summed E-state index contributed by atoms with van der Waals surface area (Å²) >= 11 is 6.50. The molecule has 0 spiro atoms. The van der Waals surface area contributed by atoms with Crippen molar-refractivity contribution in [2.45, 2.75) is 45.6 Å². The highest BCUT2D eigenvalue weighted by Gasteiger charge is 2.34. The number of methoxy groups -OCH3 is 1. The Labute approximate surface area is 158 Å². The molecule has 1 saturated carbocycles. The normalized spacial score (nSPS) is 15.4. The largest absolute Gasteiger partial charge is 0.497 e. The fraction of sp³-hybridized carbons (Fsp3) is 0.450. The molecule has 1 aliphatic carbocycles. The van der Waals surface area contributed by atoms with Crippen molar-refractivity contribution in [2.24, 2.45) is 5.92 Å². The lowest BCUT2D eigenvalue weighted by molar-refractivity contribution is 0.415. The topological polar surface area (TPSA) is 52.8 Å². The lowest BCUT2D eigenvalue weighted by Crippen LogP contribution is -2.14. The maximum absolute atomic E-state index is 6.50. The summed E-state index contributed by atoms with van der Waals surface area (Å²) in [6, 6.07) is 6.10. The number of aryl methyl sites for hydroxylation is 1. The highest BCUT2D eigenvalue weighted by Crippen LogP contribution is 2.44. The van der Waals surface area contributed by atoms with E-state index in [1.165, 1.54) is 12.8 Å². The molecule has 0 saturated heterocycles. The van der Waals surface area contributed by atoms with Crippen LogP contribution in [0.3, 0.4) is 0 Å². The Morgan fingerprint density at radius 2 is 2.08 bits per heavy atom. The molecule has 5 nitrogen and oxygen atoms in total. The van der Waals surface area contributed by atoms with Crippen LogP contribution >= 0.6 is 11.6 Å².